The lowest BCUT2D eigenvalue weighted by molar-refractivity contribution is 0.545. The minimum Gasteiger partial charge on any atom is -0.314 e. The van der Waals surface area contributed by atoms with E-state index in [2.05, 4.69) is 15.5 Å². The first-order valence-electron chi connectivity index (χ1n) is 7.15. The van der Waals surface area contributed by atoms with E-state index in [0.717, 1.165) is 17.0 Å². The van der Waals surface area contributed by atoms with Gasteiger partial charge in [0, 0.05) is 17.7 Å². The highest BCUT2D eigenvalue weighted by Gasteiger charge is 2.13. The van der Waals surface area contributed by atoms with Gasteiger partial charge in [0.2, 0.25) is 0 Å². The summed E-state index contributed by atoms with van der Waals surface area (Å²) >= 11 is 0. The Morgan fingerprint density at radius 2 is 1.73 bits per heavy atom. The number of hydrogen-bond acceptors (Lipinski definition) is 3. The summed E-state index contributed by atoms with van der Waals surface area (Å²) in [5, 5.41) is 12.1. The third-order valence-electron chi connectivity index (χ3n) is 3.39. The van der Waals surface area contributed by atoms with Gasteiger partial charge in [-0.1, -0.05) is 48.5 Å². The van der Waals surface area contributed by atoms with Crippen LogP contribution in [0.4, 0.5) is 4.39 Å². The van der Waals surface area contributed by atoms with E-state index in [1.165, 1.54) is 6.07 Å². The third-order valence-corrected chi connectivity index (χ3v) is 3.39. The summed E-state index contributed by atoms with van der Waals surface area (Å²) in [5.41, 5.74) is 3.26. The minimum absolute atomic E-state index is 0.240. The van der Waals surface area contributed by atoms with Crippen LogP contribution in [0.2, 0.25) is 0 Å². The van der Waals surface area contributed by atoms with Crippen LogP contribution in [0.5, 0.6) is 0 Å². The van der Waals surface area contributed by atoms with Crippen LogP contribution in [-0.4, -0.2) is 22.0 Å². The molecule has 0 saturated heterocycles. The van der Waals surface area contributed by atoms with Crippen LogP contribution >= 0.6 is 0 Å². The molecule has 0 aliphatic rings. The van der Waals surface area contributed by atoms with Crippen molar-refractivity contribution in [3.05, 3.63) is 71.7 Å². The van der Waals surface area contributed by atoms with Gasteiger partial charge in [0.25, 0.3) is 0 Å². The van der Waals surface area contributed by atoms with E-state index < -0.39 is 0 Å². The van der Waals surface area contributed by atoms with E-state index in [1.807, 2.05) is 43.4 Å². The molecule has 0 amide bonds. The summed E-state index contributed by atoms with van der Waals surface area (Å²) in [5.74, 6) is -0.240. The molecule has 4 nitrogen and oxygen atoms in total. The average Bonchev–Trinajstić information content (AvgIpc) is 2.94. The molecule has 0 spiro atoms. The number of hydrogen-bond donors (Lipinski definition) is 1. The first-order valence-corrected chi connectivity index (χ1v) is 7.15. The van der Waals surface area contributed by atoms with E-state index >= 15 is 0 Å². The Morgan fingerprint density at radius 3 is 2.45 bits per heavy atom. The molecule has 1 heterocycles. The molecule has 0 aliphatic heterocycles. The molecular weight excluding hydrogens is 279 g/mol. The van der Waals surface area contributed by atoms with Crippen LogP contribution in [-0.2, 0) is 13.1 Å². The molecule has 0 bridgehead atoms. The van der Waals surface area contributed by atoms with Crippen molar-refractivity contribution in [1.29, 1.82) is 0 Å². The van der Waals surface area contributed by atoms with Gasteiger partial charge in [-0.25, -0.2) is 4.39 Å². The minimum atomic E-state index is -0.240. The van der Waals surface area contributed by atoms with E-state index in [0.29, 0.717) is 18.7 Å². The molecule has 3 rings (SSSR count). The van der Waals surface area contributed by atoms with Crippen LogP contribution in [0, 0.1) is 5.82 Å². The topological polar surface area (TPSA) is 42.7 Å². The van der Waals surface area contributed by atoms with Crippen molar-refractivity contribution in [2.24, 2.45) is 0 Å². The molecule has 0 fully saturated rings. The van der Waals surface area contributed by atoms with Gasteiger partial charge in [-0.05, 0) is 13.1 Å². The lowest BCUT2D eigenvalue weighted by Crippen LogP contribution is -2.09. The zero-order valence-corrected chi connectivity index (χ0v) is 12.3. The lowest BCUT2D eigenvalue weighted by atomic mass is 10.1. The average molecular weight is 296 g/mol. The molecule has 0 atom stereocenters. The second-order valence-corrected chi connectivity index (χ2v) is 5.01. The summed E-state index contributed by atoms with van der Waals surface area (Å²) in [7, 11) is 1.87. The normalized spacial score (nSPS) is 10.8. The number of nitrogens with one attached hydrogen (secondary N) is 1. The van der Waals surface area contributed by atoms with Gasteiger partial charge < -0.3 is 5.32 Å². The Balaban J connectivity index is 1.95. The molecule has 0 radical (unpaired) electrons. The third kappa shape index (κ3) is 3.04. The number of rotatable bonds is 5. The predicted octanol–water partition coefficient (Wildman–Crippen LogP) is 2.85. The van der Waals surface area contributed by atoms with Gasteiger partial charge in [-0.2, -0.15) is 15.0 Å². The monoisotopic (exact) mass is 296 g/mol. The highest BCUT2D eigenvalue weighted by Crippen LogP contribution is 2.20. The van der Waals surface area contributed by atoms with Gasteiger partial charge >= 0.3 is 0 Å². The Morgan fingerprint density at radius 1 is 1.00 bits per heavy atom. The zero-order chi connectivity index (χ0) is 15.4. The SMILES string of the molecule is CNCc1nn(Cc2ccccc2F)nc1-c1ccccc1. The molecule has 1 aromatic heterocycles. The smallest absolute Gasteiger partial charge is 0.128 e. The fourth-order valence-corrected chi connectivity index (χ4v) is 2.34. The summed E-state index contributed by atoms with van der Waals surface area (Å²) in [6, 6.07) is 16.6. The highest BCUT2D eigenvalue weighted by molar-refractivity contribution is 5.60. The maximum Gasteiger partial charge on any atom is 0.128 e. The van der Waals surface area contributed by atoms with Crippen molar-refractivity contribution in [2.75, 3.05) is 7.05 Å². The van der Waals surface area contributed by atoms with Crippen LogP contribution in [0.3, 0.4) is 0 Å². The molecule has 22 heavy (non-hydrogen) atoms. The van der Waals surface area contributed by atoms with Crippen LogP contribution in [0.15, 0.2) is 54.6 Å². The van der Waals surface area contributed by atoms with Crippen molar-refractivity contribution in [2.45, 2.75) is 13.1 Å². The Hall–Kier alpha value is -2.53. The van der Waals surface area contributed by atoms with Gasteiger partial charge in [-0.3, -0.25) is 0 Å². The summed E-state index contributed by atoms with van der Waals surface area (Å²) in [6.45, 7) is 0.928. The predicted molar refractivity (Wildman–Crippen MR) is 83.7 cm³/mol. The second kappa shape index (κ2) is 6.49. The fraction of sp³-hybridized carbons (Fsp3) is 0.176. The van der Waals surface area contributed by atoms with Crippen molar-refractivity contribution in [3.8, 4) is 11.3 Å². The van der Waals surface area contributed by atoms with Gasteiger partial charge in [0.05, 0.1) is 6.54 Å². The molecule has 0 aliphatic carbocycles. The largest absolute Gasteiger partial charge is 0.314 e. The van der Waals surface area contributed by atoms with Crippen molar-refractivity contribution in [3.63, 3.8) is 0 Å². The number of aromatic nitrogens is 3. The summed E-state index contributed by atoms with van der Waals surface area (Å²) in [4.78, 5) is 1.55. The quantitative estimate of drug-likeness (QED) is 0.787. The number of benzene rings is 2. The Bertz CT molecular complexity index is 752. The van der Waals surface area contributed by atoms with E-state index in [9.17, 15) is 4.39 Å². The maximum atomic E-state index is 13.8. The first kappa shape index (κ1) is 14.4. The van der Waals surface area contributed by atoms with Crippen LogP contribution in [0.25, 0.3) is 11.3 Å². The maximum absolute atomic E-state index is 13.8. The van der Waals surface area contributed by atoms with Crippen molar-refractivity contribution >= 4 is 0 Å². The van der Waals surface area contributed by atoms with Gasteiger partial charge in [-0.15, -0.1) is 0 Å². The van der Waals surface area contributed by atoms with Crippen LogP contribution < -0.4 is 5.32 Å². The summed E-state index contributed by atoms with van der Waals surface area (Å²) < 4.78 is 13.8. The zero-order valence-electron chi connectivity index (χ0n) is 12.3. The Labute approximate surface area is 128 Å². The van der Waals surface area contributed by atoms with Crippen LogP contribution in [0.1, 0.15) is 11.3 Å². The highest BCUT2D eigenvalue weighted by atomic mass is 19.1. The van der Waals surface area contributed by atoms with E-state index in [4.69, 9.17) is 0 Å². The fourth-order valence-electron chi connectivity index (χ4n) is 2.34. The molecule has 1 N–H and O–H groups in total. The molecular formula is C17H17FN4. The molecule has 2 aromatic carbocycles. The molecule has 5 heteroatoms. The Kier molecular flexibility index (Phi) is 4.25. The summed E-state index contributed by atoms with van der Waals surface area (Å²) in [6.07, 6.45) is 0. The molecule has 3 aromatic rings. The molecule has 112 valence electrons. The molecule has 0 saturated carbocycles. The molecule has 0 unspecified atom stereocenters. The van der Waals surface area contributed by atoms with E-state index in [-0.39, 0.29) is 5.82 Å². The van der Waals surface area contributed by atoms with Gasteiger partial charge in [0.1, 0.15) is 17.2 Å². The standard InChI is InChI=1S/C17H17FN4/c1-19-11-16-17(13-7-3-2-4-8-13)21-22(20-16)12-14-9-5-6-10-15(14)18/h2-10,19H,11-12H2,1H3. The van der Waals surface area contributed by atoms with Gasteiger partial charge in [0.15, 0.2) is 0 Å². The number of halogens is 1. The first-order chi connectivity index (χ1) is 10.8. The lowest BCUT2D eigenvalue weighted by Gasteiger charge is -2.01. The number of nitrogens with zero attached hydrogens (tertiary/aromatic N) is 3. The van der Waals surface area contributed by atoms with Crippen molar-refractivity contribution < 1.29 is 4.39 Å². The van der Waals surface area contributed by atoms with Crippen molar-refractivity contribution in [1.82, 2.24) is 20.3 Å². The van der Waals surface area contributed by atoms with E-state index in [1.54, 1.807) is 16.9 Å². The second-order valence-electron chi connectivity index (χ2n) is 5.01.